The number of carbonyl (C=O) groups excluding carboxylic acids is 2. The summed E-state index contributed by atoms with van der Waals surface area (Å²) in [5.74, 6) is -3.74. The standard InChI is InChI=1S/C22H19N3O6/c26-18-9-10-19(27)31-22(28,17-8-3-6-15-5-1-2-7-16(15)17)20(30-18)29-14-13-25-21-23-11-4-12-24-21/h1-12,20,28H,13-14H2,(H,23,24,25)/b10-9-. The average Bonchev–Trinajstić information content (AvgIpc) is 2.79. The first-order valence-electron chi connectivity index (χ1n) is 9.51. The highest BCUT2D eigenvalue weighted by atomic mass is 16.8. The Labute approximate surface area is 177 Å². The Bertz CT molecular complexity index is 1120. The smallest absolute Gasteiger partial charge is 0.334 e. The van der Waals surface area contributed by atoms with Gasteiger partial charge in [-0.2, -0.15) is 0 Å². The number of nitrogens with zero attached hydrogens (tertiary/aromatic N) is 2. The van der Waals surface area contributed by atoms with Crippen molar-refractivity contribution in [1.29, 1.82) is 0 Å². The van der Waals surface area contributed by atoms with E-state index in [1.165, 1.54) is 0 Å². The number of hydrogen-bond donors (Lipinski definition) is 2. The van der Waals surface area contributed by atoms with Crippen LogP contribution in [0, 0.1) is 0 Å². The molecule has 0 saturated carbocycles. The summed E-state index contributed by atoms with van der Waals surface area (Å²) in [6, 6.07) is 14.0. The molecule has 2 N–H and O–H groups in total. The van der Waals surface area contributed by atoms with Gasteiger partial charge >= 0.3 is 17.7 Å². The van der Waals surface area contributed by atoms with Gasteiger partial charge < -0.3 is 24.6 Å². The maximum Gasteiger partial charge on any atom is 0.334 e. The minimum absolute atomic E-state index is 0.00938. The van der Waals surface area contributed by atoms with Crippen molar-refractivity contribution < 1.29 is 28.9 Å². The molecule has 9 heteroatoms. The number of rotatable bonds is 6. The zero-order chi connectivity index (χ0) is 21.7. The number of fused-ring (bicyclic) bond motifs is 1. The number of nitrogens with one attached hydrogen (secondary N) is 1. The molecule has 2 aromatic carbocycles. The van der Waals surface area contributed by atoms with Crippen molar-refractivity contribution in [1.82, 2.24) is 9.97 Å². The van der Waals surface area contributed by atoms with E-state index in [0.717, 1.165) is 17.5 Å². The lowest BCUT2D eigenvalue weighted by Crippen LogP contribution is -2.48. The molecule has 1 aromatic heterocycles. The third-order valence-corrected chi connectivity index (χ3v) is 4.55. The van der Waals surface area contributed by atoms with Crippen LogP contribution in [0.15, 0.2) is 73.1 Å². The Balaban J connectivity index is 1.63. The average molecular weight is 421 g/mol. The summed E-state index contributed by atoms with van der Waals surface area (Å²) in [6.07, 6.45) is 3.36. The maximum atomic E-state index is 12.2. The Hall–Kier alpha value is -3.82. The highest BCUT2D eigenvalue weighted by molar-refractivity contribution is 5.93. The van der Waals surface area contributed by atoms with E-state index < -0.39 is 24.0 Å². The number of carbonyl (C=O) groups is 2. The Kier molecular flexibility index (Phi) is 5.87. The van der Waals surface area contributed by atoms with E-state index >= 15 is 0 Å². The Morgan fingerprint density at radius 2 is 1.74 bits per heavy atom. The first kappa shape index (κ1) is 20.5. The van der Waals surface area contributed by atoms with Crippen LogP contribution in [-0.2, 0) is 29.6 Å². The van der Waals surface area contributed by atoms with Gasteiger partial charge in [-0.25, -0.2) is 19.6 Å². The summed E-state index contributed by atoms with van der Waals surface area (Å²) in [7, 11) is 0. The van der Waals surface area contributed by atoms with Gasteiger partial charge in [0.2, 0.25) is 5.95 Å². The second-order valence-electron chi connectivity index (χ2n) is 6.62. The number of aromatic nitrogens is 2. The number of hydrogen-bond acceptors (Lipinski definition) is 9. The summed E-state index contributed by atoms with van der Waals surface area (Å²) >= 11 is 0. The molecule has 0 spiro atoms. The zero-order valence-electron chi connectivity index (χ0n) is 16.3. The van der Waals surface area contributed by atoms with Gasteiger partial charge in [0.15, 0.2) is 0 Å². The Morgan fingerprint density at radius 1 is 1.00 bits per heavy atom. The van der Waals surface area contributed by atoms with Crippen molar-refractivity contribution >= 4 is 28.7 Å². The molecule has 2 heterocycles. The lowest BCUT2D eigenvalue weighted by Gasteiger charge is -2.35. The summed E-state index contributed by atoms with van der Waals surface area (Å²) in [4.78, 5) is 32.4. The molecular formula is C22H19N3O6. The molecule has 2 atom stereocenters. The largest absolute Gasteiger partial charge is 0.425 e. The highest BCUT2D eigenvalue weighted by Gasteiger charge is 2.48. The number of benzene rings is 2. The molecule has 1 aliphatic rings. The monoisotopic (exact) mass is 421 g/mol. The van der Waals surface area contributed by atoms with Crippen molar-refractivity contribution in [2.75, 3.05) is 18.5 Å². The zero-order valence-corrected chi connectivity index (χ0v) is 16.3. The fourth-order valence-corrected chi connectivity index (χ4v) is 3.18. The van der Waals surface area contributed by atoms with Crippen LogP contribution in [0.2, 0.25) is 0 Å². The second kappa shape index (κ2) is 8.90. The van der Waals surface area contributed by atoms with Crippen molar-refractivity contribution in [3.8, 4) is 0 Å². The van der Waals surface area contributed by atoms with Crippen molar-refractivity contribution in [3.05, 3.63) is 78.6 Å². The molecule has 158 valence electrons. The lowest BCUT2D eigenvalue weighted by molar-refractivity contribution is -0.320. The SMILES string of the molecule is O=C1/C=C\C(=O)OC(O)(c2cccc3ccccc23)C(OCCNc2ncccn2)O1. The Morgan fingerprint density at radius 3 is 2.58 bits per heavy atom. The van der Waals surface area contributed by atoms with E-state index in [1.54, 1.807) is 42.7 Å². The molecular weight excluding hydrogens is 402 g/mol. The maximum absolute atomic E-state index is 12.2. The number of esters is 2. The molecule has 0 radical (unpaired) electrons. The van der Waals surface area contributed by atoms with E-state index in [-0.39, 0.29) is 18.7 Å². The fourth-order valence-electron chi connectivity index (χ4n) is 3.18. The minimum atomic E-state index is -2.37. The fraction of sp³-hybridized carbons (Fsp3) is 0.182. The molecule has 2 unspecified atom stereocenters. The van der Waals surface area contributed by atoms with E-state index in [9.17, 15) is 14.7 Å². The quantitative estimate of drug-likeness (QED) is 0.454. The predicted molar refractivity (Wildman–Crippen MR) is 109 cm³/mol. The van der Waals surface area contributed by atoms with Crippen LogP contribution in [0.1, 0.15) is 5.56 Å². The van der Waals surface area contributed by atoms with Gasteiger partial charge in [-0.15, -0.1) is 0 Å². The van der Waals surface area contributed by atoms with Gasteiger partial charge in [-0.05, 0) is 16.8 Å². The van der Waals surface area contributed by atoms with Crippen LogP contribution in [0.4, 0.5) is 5.95 Å². The van der Waals surface area contributed by atoms with Crippen molar-refractivity contribution in [2.24, 2.45) is 0 Å². The van der Waals surface area contributed by atoms with Crippen molar-refractivity contribution in [3.63, 3.8) is 0 Å². The highest BCUT2D eigenvalue weighted by Crippen LogP contribution is 2.35. The van der Waals surface area contributed by atoms with Gasteiger partial charge in [0.05, 0.1) is 6.61 Å². The van der Waals surface area contributed by atoms with Crippen LogP contribution in [0.25, 0.3) is 10.8 Å². The van der Waals surface area contributed by atoms with E-state index in [2.05, 4.69) is 15.3 Å². The number of ether oxygens (including phenoxy) is 3. The molecule has 9 nitrogen and oxygen atoms in total. The third kappa shape index (κ3) is 4.52. The molecule has 0 fully saturated rings. The summed E-state index contributed by atoms with van der Waals surface area (Å²) in [5.41, 5.74) is 0.228. The topological polar surface area (TPSA) is 120 Å². The van der Waals surface area contributed by atoms with Gasteiger partial charge in [0.25, 0.3) is 6.29 Å². The third-order valence-electron chi connectivity index (χ3n) is 4.55. The van der Waals surface area contributed by atoms with Gasteiger partial charge in [-0.3, -0.25) is 0 Å². The molecule has 0 amide bonds. The van der Waals surface area contributed by atoms with E-state index in [1.807, 2.05) is 18.2 Å². The van der Waals surface area contributed by atoms with Crippen molar-refractivity contribution in [2.45, 2.75) is 12.1 Å². The molecule has 3 aromatic rings. The number of cyclic esters (lactones) is 2. The number of aliphatic hydroxyl groups is 1. The lowest BCUT2D eigenvalue weighted by atomic mass is 9.97. The molecule has 1 aliphatic heterocycles. The van der Waals surface area contributed by atoms with Gasteiger partial charge in [-0.1, -0.05) is 42.5 Å². The summed E-state index contributed by atoms with van der Waals surface area (Å²) in [6.45, 7) is 0.234. The molecule has 0 bridgehead atoms. The van der Waals surface area contributed by atoms with Gasteiger partial charge in [0.1, 0.15) is 0 Å². The molecule has 0 saturated heterocycles. The number of anilines is 1. The van der Waals surface area contributed by atoms with Crippen LogP contribution in [0.5, 0.6) is 0 Å². The molecule has 0 aliphatic carbocycles. The first-order valence-corrected chi connectivity index (χ1v) is 9.51. The first-order chi connectivity index (χ1) is 15.1. The summed E-state index contributed by atoms with van der Waals surface area (Å²) in [5, 5.41) is 15.8. The van der Waals surface area contributed by atoms with E-state index in [0.29, 0.717) is 11.3 Å². The van der Waals surface area contributed by atoms with Crippen LogP contribution in [-0.4, -0.2) is 46.5 Å². The predicted octanol–water partition coefficient (Wildman–Crippen LogP) is 1.89. The summed E-state index contributed by atoms with van der Waals surface area (Å²) < 4.78 is 16.3. The van der Waals surface area contributed by atoms with Crippen LogP contribution >= 0.6 is 0 Å². The van der Waals surface area contributed by atoms with Crippen LogP contribution in [0.3, 0.4) is 0 Å². The molecule has 31 heavy (non-hydrogen) atoms. The molecule has 4 rings (SSSR count). The van der Waals surface area contributed by atoms with Crippen LogP contribution < -0.4 is 5.32 Å². The second-order valence-corrected chi connectivity index (χ2v) is 6.62. The normalized spacial score (nSPS) is 22.2. The minimum Gasteiger partial charge on any atom is -0.425 e. The van der Waals surface area contributed by atoms with Gasteiger partial charge in [0, 0.05) is 36.7 Å². The van der Waals surface area contributed by atoms with E-state index in [4.69, 9.17) is 14.2 Å².